The van der Waals surface area contributed by atoms with Crippen molar-refractivity contribution in [2.75, 3.05) is 32.1 Å². The van der Waals surface area contributed by atoms with Gasteiger partial charge in [0.2, 0.25) is 0 Å². The number of hydrogen-bond acceptors (Lipinski definition) is 7. The summed E-state index contributed by atoms with van der Waals surface area (Å²) in [6, 6.07) is 0.755. The number of carbonyl (C=O) groups excluding carboxylic acids is 2. The summed E-state index contributed by atoms with van der Waals surface area (Å²) in [7, 11) is 1.29. The first-order chi connectivity index (χ1) is 15.6. The largest absolute Gasteiger partial charge is 0.469 e. The van der Waals surface area contributed by atoms with Crippen LogP contribution in [0.15, 0.2) is 29.5 Å². The first-order valence-electron chi connectivity index (χ1n) is 10.3. The van der Waals surface area contributed by atoms with Gasteiger partial charge in [0.15, 0.2) is 0 Å². The summed E-state index contributed by atoms with van der Waals surface area (Å²) >= 11 is 0. The molecule has 0 aromatic carbocycles. The molecule has 3 heterocycles. The van der Waals surface area contributed by atoms with Crippen molar-refractivity contribution in [3.8, 4) is 0 Å². The monoisotopic (exact) mass is 470 g/mol. The van der Waals surface area contributed by atoms with Crippen molar-refractivity contribution in [2.45, 2.75) is 38.1 Å². The van der Waals surface area contributed by atoms with Crippen molar-refractivity contribution in [1.29, 1.82) is 0 Å². The topological polar surface area (TPSA) is 121 Å². The first-order valence-corrected chi connectivity index (χ1v) is 10.3. The third-order valence-corrected chi connectivity index (χ3v) is 5.26. The Bertz CT molecular complexity index is 1050. The number of carbonyl (C=O) groups is 2. The predicted molar refractivity (Wildman–Crippen MR) is 112 cm³/mol. The van der Waals surface area contributed by atoms with E-state index in [1.54, 1.807) is 39.9 Å². The van der Waals surface area contributed by atoms with Gasteiger partial charge in [-0.15, -0.1) is 0 Å². The molecule has 1 amide bonds. The molecule has 180 valence electrons. The number of nitrogens with one attached hydrogen (secondary N) is 3. The van der Waals surface area contributed by atoms with E-state index in [-0.39, 0.29) is 24.9 Å². The number of H-pyrrole nitrogens is 1. The second-order valence-corrected chi connectivity index (χ2v) is 7.76. The van der Waals surface area contributed by atoms with Gasteiger partial charge in [-0.25, -0.2) is 5.10 Å². The van der Waals surface area contributed by atoms with Crippen LogP contribution in [-0.4, -0.2) is 70.4 Å². The molecule has 0 spiro atoms. The smallest absolute Gasteiger partial charge is 0.423 e. The Morgan fingerprint density at radius 1 is 1.39 bits per heavy atom. The van der Waals surface area contributed by atoms with E-state index in [4.69, 9.17) is 4.74 Å². The lowest BCUT2D eigenvalue weighted by Crippen LogP contribution is -2.54. The molecule has 1 saturated heterocycles. The summed E-state index contributed by atoms with van der Waals surface area (Å²) in [5.74, 6) is -0.658. The fraction of sp³-hybridized carbons (Fsp3) is 0.500. The molecule has 0 radical (unpaired) electrons. The van der Waals surface area contributed by atoms with E-state index >= 15 is 0 Å². The molecule has 0 aliphatic carbocycles. The molecule has 1 aliphatic rings. The molecule has 33 heavy (non-hydrogen) atoms. The Kier molecular flexibility index (Phi) is 7.41. The molecule has 0 saturated carbocycles. The molecule has 2 atom stereocenters. The van der Waals surface area contributed by atoms with Gasteiger partial charge in [0.1, 0.15) is 5.56 Å². The molecule has 0 bridgehead atoms. The lowest BCUT2D eigenvalue weighted by molar-refractivity contribution is -0.142. The zero-order valence-electron chi connectivity index (χ0n) is 18.1. The number of methoxy groups -OCH3 is 1. The van der Waals surface area contributed by atoms with E-state index in [0.29, 0.717) is 25.2 Å². The van der Waals surface area contributed by atoms with E-state index < -0.39 is 35.0 Å². The Balaban J connectivity index is 1.68. The summed E-state index contributed by atoms with van der Waals surface area (Å²) in [5.41, 5.74) is -2.70. The van der Waals surface area contributed by atoms with Crippen LogP contribution in [0.4, 0.5) is 18.9 Å². The predicted octanol–water partition coefficient (Wildman–Crippen LogP) is 1.07. The maximum absolute atomic E-state index is 13.2. The van der Waals surface area contributed by atoms with Crippen LogP contribution in [0.3, 0.4) is 0 Å². The molecule has 1 aliphatic heterocycles. The number of alkyl halides is 3. The Labute approximate surface area is 187 Å². The minimum Gasteiger partial charge on any atom is -0.469 e. The fourth-order valence-corrected chi connectivity index (χ4v) is 3.75. The summed E-state index contributed by atoms with van der Waals surface area (Å²) in [6.07, 6.45) is -0.613. The summed E-state index contributed by atoms with van der Waals surface area (Å²) in [6.45, 7) is 3.36. The van der Waals surface area contributed by atoms with Gasteiger partial charge < -0.3 is 24.8 Å². The third-order valence-electron chi connectivity index (χ3n) is 5.26. The van der Waals surface area contributed by atoms with Crippen LogP contribution in [0.1, 0.15) is 29.3 Å². The van der Waals surface area contributed by atoms with Gasteiger partial charge in [-0.1, -0.05) is 0 Å². The molecule has 3 N–H and O–H groups in total. The molecule has 1 fully saturated rings. The van der Waals surface area contributed by atoms with Gasteiger partial charge in [-0.05, 0) is 13.0 Å². The number of halogens is 3. The van der Waals surface area contributed by atoms with E-state index in [1.165, 1.54) is 7.11 Å². The average molecular weight is 470 g/mol. The van der Waals surface area contributed by atoms with Crippen LogP contribution in [0.25, 0.3) is 0 Å². The maximum Gasteiger partial charge on any atom is 0.423 e. The number of anilines is 1. The summed E-state index contributed by atoms with van der Waals surface area (Å²) in [4.78, 5) is 37.9. The molecule has 2 aromatic heterocycles. The first kappa shape index (κ1) is 24.3. The SMILES string of the molecule is COC(=O)C[C@H]1CNCCN1C(=O)c1ccn(C[C@H](C)Nc2cn[nH]c(=O)c2C(F)(F)F)c1. The fourth-order valence-electron chi connectivity index (χ4n) is 3.75. The number of esters is 1. The van der Waals surface area contributed by atoms with E-state index in [1.807, 2.05) is 0 Å². The van der Waals surface area contributed by atoms with Crippen LogP contribution >= 0.6 is 0 Å². The van der Waals surface area contributed by atoms with Crippen molar-refractivity contribution >= 4 is 17.6 Å². The molecule has 0 unspecified atom stereocenters. The van der Waals surface area contributed by atoms with Gasteiger partial charge in [0.05, 0.1) is 37.0 Å². The number of ether oxygens (including phenoxy) is 1. The van der Waals surface area contributed by atoms with Crippen molar-refractivity contribution in [3.63, 3.8) is 0 Å². The van der Waals surface area contributed by atoms with Gasteiger partial charge in [0.25, 0.3) is 11.5 Å². The molecule has 3 rings (SSSR count). The highest BCUT2D eigenvalue weighted by molar-refractivity contribution is 5.94. The van der Waals surface area contributed by atoms with Gasteiger partial charge >= 0.3 is 12.1 Å². The van der Waals surface area contributed by atoms with E-state index in [2.05, 4.69) is 15.7 Å². The number of aromatic amines is 1. The van der Waals surface area contributed by atoms with Crippen LogP contribution in [-0.2, 0) is 22.3 Å². The Morgan fingerprint density at radius 3 is 2.85 bits per heavy atom. The van der Waals surface area contributed by atoms with E-state index in [9.17, 15) is 27.6 Å². The number of rotatable bonds is 7. The number of nitrogens with zero attached hydrogens (tertiary/aromatic N) is 3. The van der Waals surface area contributed by atoms with Crippen LogP contribution in [0.5, 0.6) is 0 Å². The minimum atomic E-state index is -4.84. The van der Waals surface area contributed by atoms with Crippen LogP contribution in [0, 0.1) is 0 Å². The highest BCUT2D eigenvalue weighted by atomic mass is 19.4. The lowest BCUT2D eigenvalue weighted by Gasteiger charge is -2.35. The standard InChI is InChI=1S/C20H25F3N6O4/c1-12(26-15-9-25-27-18(31)17(15)20(21,22)23)10-28-5-3-13(11-28)19(32)29-6-4-24-8-14(29)7-16(30)33-2/h3,5,9,11-12,14,24H,4,6-8,10H2,1-2H3,(H2,26,27,31)/t12-,14-/m0/s1. The van der Waals surface area contributed by atoms with Crippen LogP contribution in [0.2, 0.25) is 0 Å². The number of piperazine rings is 1. The zero-order valence-corrected chi connectivity index (χ0v) is 18.1. The quantitative estimate of drug-likeness (QED) is 0.518. The van der Waals surface area contributed by atoms with Gasteiger partial charge in [-0.3, -0.25) is 14.4 Å². The Morgan fingerprint density at radius 2 is 2.15 bits per heavy atom. The maximum atomic E-state index is 13.2. The van der Waals surface area contributed by atoms with Crippen molar-refractivity contribution in [1.82, 2.24) is 25.0 Å². The van der Waals surface area contributed by atoms with Gasteiger partial charge in [-0.2, -0.15) is 18.3 Å². The lowest BCUT2D eigenvalue weighted by atomic mass is 10.1. The third kappa shape index (κ3) is 5.92. The Hall–Kier alpha value is -3.35. The number of aromatic nitrogens is 3. The molecular weight excluding hydrogens is 445 g/mol. The summed E-state index contributed by atoms with van der Waals surface area (Å²) in [5, 5.41) is 11.0. The van der Waals surface area contributed by atoms with Gasteiger partial charge in [0, 0.05) is 44.6 Å². The second-order valence-electron chi connectivity index (χ2n) is 7.76. The normalized spacial score (nSPS) is 17.5. The highest BCUT2D eigenvalue weighted by Gasteiger charge is 2.37. The molecule has 2 aromatic rings. The minimum absolute atomic E-state index is 0.0721. The molecular formula is C20H25F3N6O4. The number of amides is 1. The van der Waals surface area contributed by atoms with E-state index in [0.717, 1.165) is 6.20 Å². The number of hydrogen-bond donors (Lipinski definition) is 3. The summed E-state index contributed by atoms with van der Waals surface area (Å²) < 4.78 is 46.0. The van der Waals surface area contributed by atoms with Crippen molar-refractivity contribution in [2.24, 2.45) is 0 Å². The van der Waals surface area contributed by atoms with Crippen molar-refractivity contribution in [3.05, 3.63) is 46.1 Å². The van der Waals surface area contributed by atoms with Crippen LogP contribution < -0.4 is 16.2 Å². The zero-order chi connectivity index (χ0) is 24.2. The molecule has 10 nitrogen and oxygen atoms in total. The molecule has 13 heteroatoms. The van der Waals surface area contributed by atoms with Crippen molar-refractivity contribution < 1.29 is 27.5 Å². The average Bonchev–Trinajstić information content (AvgIpc) is 3.20. The second kappa shape index (κ2) is 10.1. The highest BCUT2D eigenvalue weighted by Crippen LogP contribution is 2.31.